The Hall–Kier alpha value is -3.80. The highest BCUT2D eigenvalue weighted by atomic mass is 16.2. The van der Waals surface area contributed by atoms with E-state index in [0.29, 0.717) is 12.1 Å². The average molecular weight is 386 g/mol. The van der Waals surface area contributed by atoms with E-state index in [4.69, 9.17) is 5.73 Å². The standard InChI is InChI=1S/C23H22N4O2/c1-23(27-22(29)25-16-7-3-2-4-8-16)13-11-15(12-14-23)19-17-9-5-6-10-18(17)26-20(19)21(24)28/h2-13,26H,14H2,1H3,(H2,24,28)(H2,25,27,29). The Morgan fingerprint density at radius 1 is 1.07 bits per heavy atom. The van der Waals surface area contributed by atoms with Crippen molar-refractivity contribution in [2.24, 2.45) is 5.73 Å². The third kappa shape index (κ3) is 3.78. The second kappa shape index (κ2) is 7.31. The summed E-state index contributed by atoms with van der Waals surface area (Å²) in [4.78, 5) is 27.4. The molecule has 0 fully saturated rings. The molecule has 3 amide bonds. The number of nitrogens with two attached hydrogens (primary N) is 1. The van der Waals surface area contributed by atoms with Crippen LogP contribution in [0.5, 0.6) is 0 Å². The molecule has 1 aromatic heterocycles. The number of hydrogen-bond acceptors (Lipinski definition) is 2. The summed E-state index contributed by atoms with van der Waals surface area (Å²) in [5, 5.41) is 6.77. The van der Waals surface area contributed by atoms with Crippen LogP contribution in [0.1, 0.15) is 29.4 Å². The number of anilines is 1. The van der Waals surface area contributed by atoms with Crippen molar-refractivity contribution in [2.75, 3.05) is 5.32 Å². The molecule has 146 valence electrons. The minimum atomic E-state index is -0.540. The number of aromatic nitrogens is 1. The molecular weight excluding hydrogens is 364 g/mol. The molecule has 1 heterocycles. The predicted molar refractivity (Wildman–Crippen MR) is 116 cm³/mol. The Balaban J connectivity index is 1.55. The van der Waals surface area contributed by atoms with Crippen LogP contribution in [0.4, 0.5) is 10.5 Å². The number of carbonyl (C=O) groups excluding carboxylic acids is 2. The van der Waals surface area contributed by atoms with Gasteiger partial charge in [0, 0.05) is 22.2 Å². The first-order chi connectivity index (χ1) is 14.0. The number of aromatic amines is 1. The molecule has 0 aliphatic heterocycles. The van der Waals surface area contributed by atoms with Crippen molar-refractivity contribution in [2.45, 2.75) is 18.9 Å². The van der Waals surface area contributed by atoms with E-state index in [-0.39, 0.29) is 6.03 Å². The van der Waals surface area contributed by atoms with Crippen molar-refractivity contribution >= 4 is 34.1 Å². The minimum absolute atomic E-state index is 0.273. The molecule has 0 saturated heterocycles. The maximum Gasteiger partial charge on any atom is 0.319 e. The lowest BCUT2D eigenvalue weighted by Crippen LogP contribution is -2.46. The molecular formula is C23H22N4O2. The fourth-order valence-electron chi connectivity index (χ4n) is 3.58. The Labute approximate surface area is 168 Å². The largest absolute Gasteiger partial charge is 0.364 e. The Kier molecular flexibility index (Phi) is 4.68. The number of hydrogen-bond donors (Lipinski definition) is 4. The maximum absolute atomic E-state index is 12.4. The van der Waals surface area contributed by atoms with Gasteiger partial charge in [0.1, 0.15) is 5.69 Å². The Bertz CT molecular complexity index is 1140. The highest BCUT2D eigenvalue weighted by Crippen LogP contribution is 2.33. The summed E-state index contributed by atoms with van der Waals surface area (Å²) in [6.07, 6.45) is 6.47. The van der Waals surface area contributed by atoms with Crippen LogP contribution in [0.15, 0.2) is 72.8 Å². The number of rotatable bonds is 4. The number of benzene rings is 2. The highest BCUT2D eigenvalue weighted by Gasteiger charge is 2.27. The number of amides is 3. The van der Waals surface area contributed by atoms with Crippen LogP contribution < -0.4 is 16.4 Å². The number of nitrogens with one attached hydrogen (secondary N) is 3. The second-order valence-corrected chi connectivity index (χ2v) is 7.34. The Morgan fingerprint density at radius 3 is 2.48 bits per heavy atom. The quantitative estimate of drug-likeness (QED) is 0.540. The van der Waals surface area contributed by atoms with Crippen molar-refractivity contribution in [3.63, 3.8) is 0 Å². The monoisotopic (exact) mass is 386 g/mol. The molecule has 0 spiro atoms. The van der Waals surface area contributed by atoms with Gasteiger partial charge < -0.3 is 21.4 Å². The molecule has 6 nitrogen and oxygen atoms in total. The molecule has 1 aliphatic rings. The first kappa shape index (κ1) is 18.6. The van der Waals surface area contributed by atoms with Gasteiger partial charge in [-0.25, -0.2) is 4.79 Å². The van der Waals surface area contributed by atoms with Crippen molar-refractivity contribution in [3.8, 4) is 0 Å². The molecule has 0 radical (unpaired) electrons. The van der Waals surface area contributed by atoms with E-state index in [1.54, 1.807) is 0 Å². The second-order valence-electron chi connectivity index (χ2n) is 7.34. The summed E-state index contributed by atoms with van der Waals surface area (Å²) < 4.78 is 0. The van der Waals surface area contributed by atoms with E-state index in [2.05, 4.69) is 15.6 Å². The number of primary amides is 1. The lowest BCUT2D eigenvalue weighted by atomic mass is 9.87. The van der Waals surface area contributed by atoms with Crippen LogP contribution in [-0.4, -0.2) is 22.5 Å². The molecule has 4 rings (SSSR count). The summed E-state index contributed by atoms with van der Waals surface area (Å²) in [5.74, 6) is -0.501. The number of H-pyrrole nitrogens is 1. The van der Waals surface area contributed by atoms with Gasteiger partial charge in [-0.2, -0.15) is 0 Å². The molecule has 0 bridgehead atoms. The zero-order chi connectivity index (χ0) is 20.4. The highest BCUT2D eigenvalue weighted by molar-refractivity contribution is 6.07. The molecule has 6 heteroatoms. The van der Waals surface area contributed by atoms with E-state index in [1.165, 1.54) is 0 Å². The van der Waals surface area contributed by atoms with Crippen molar-refractivity contribution in [3.05, 3.63) is 84.1 Å². The van der Waals surface area contributed by atoms with Gasteiger partial charge in [0.25, 0.3) is 5.91 Å². The minimum Gasteiger partial charge on any atom is -0.364 e. The normalized spacial score (nSPS) is 18.3. The molecule has 2 aromatic carbocycles. The van der Waals surface area contributed by atoms with Crippen LogP contribution in [0, 0.1) is 0 Å². The third-order valence-electron chi connectivity index (χ3n) is 5.05. The van der Waals surface area contributed by atoms with Gasteiger partial charge in [0.15, 0.2) is 0 Å². The zero-order valence-electron chi connectivity index (χ0n) is 16.0. The first-order valence-electron chi connectivity index (χ1n) is 9.40. The molecule has 3 aromatic rings. The van der Waals surface area contributed by atoms with Gasteiger partial charge >= 0.3 is 6.03 Å². The SMILES string of the molecule is CC1(NC(=O)Nc2ccccc2)C=CC(c2c(C(N)=O)[nH]c3ccccc23)=CC1. The number of allylic oxidation sites excluding steroid dienone is 2. The number of carbonyl (C=O) groups is 2. The smallest absolute Gasteiger partial charge is 0.319 e. The summed E-state index contributed by atoms with van der Waals surface area (Å²) in [7, 11) is 0. The topological polar surface area (TPSA) is 100 Å². The number of fused-ring (bicyclic) bond motifs is 1. The first-order valence-corrected chi connectivity index (χ1v) is 9.40. The van der Waals surface area contributed by atoms with Gasteiger partial charge in [-0.15, -0.1) is 0 Å². The predicted octanol–water partition coefficient (Wildman–Crippen LogP) is 4.19. The molecule has 0 saturated carbocycles. The van der Waals surface area contributed by atoms with Crippen LogP contribution in [0.3, 0.4) is 0 Å². The van der Waals surface area contributed by atoms with E-state index in [9.17, 15) is 9.59 Å². The average Bonchev–Trinajstić information content (AvgIpc) is 3.09. The zero-order valence-corrected chi connectivity index (χ0v) is 16.0. The summed E-state index contributed by atoms with van der Waals surface area (Å²) in [6, 6.07) is 16.7. The van der Waals surface area contributed by atoms with Crippen molar-refractivity contribution < 1.29 is 9.59 Å². The molecule has 5 N–H and O–H groups in total. The number of urea groups is 1. The van der Waals surface area contributed by atoms with Crippen molar-refractivity contribution in [1.82, 2.24) is 10.3 Å². The van der Waals surface area contributed by atoms with E-state index in [0.717, 1.165) is 27.7 Å². The van der Waals surface area contributed by atoms with Gasteiger partial charge in [-0.1, -0.05) is 54.6 Å². The fourth-order valence-corrected chi connectivity index (χ4v) is 3.58. The van der Waals surface area contributed by atoms with Crippen molar-refractivity contribution in [1.29, 1.82) is 0 Å². The lowest BCUT2D eigenvalue weighted by molar-refractivity contribution is 0.0996. The van der Waals surface area contributed by atoms with Gasteiger partial charge in [-0.3, -0.25) is 4.79 Å². The molecule has 29 heavy (non-hydrogen) atoms. The van der Waals surface area contributed by atoms with E-state index < -0.39 is 11.4 Å². The number of para-hydroxylation sites is 2. The maximum atomic E-state index is 12.4. The van der Waals surface area contributed by atoms with Gasteiger partial charge in [0.05, 0.1) is 5.54 Å². The van der Waals surface area contributed by atoms with E-state index in [1.807, 2.05) is 79.7 Å². The molecule has 1 unspecified atom stereocenters. The third-order valence-corrected chi connectivity index (χ3v) is 5.05. The van der Waals surface area contributed by atoms with Crippen LogP contribution in [0.2, 0.25) is 0 Å². The van der Waals surface area contributed by atoms with E-state index >= 15 is 0 Å². The summed E-state index contributed by atoms with van der Waals surface area (Å²) in [5.41, 5.74) is 8.72. The van der Waals surface area contributed by atoms with Crippen LogP contribution in [-0.2, 0) is 0 Å². The summed E-state index contributed by atoms with van der Waals surface area (Å²) in [6.45, 7) is 1.95. The lowest BCUT2D eigenvalue weighted by Gasteiger charge is -2.29. The van der Waals surface area contributed by atoms with Gasteiger partial charge in [-0.05, 0) is 37.1 Å². The molecule has 1 atom stereocenters. The van der Waals surface area contributed by atoms with Crippen LogP contribution in [0.25, 0.3) is 16.5 Å². The van der Waals surface area contributed by atoms with Crippen LogP contribution >= 0.6 is 0 Å². The fraction of sp³-hybridized carbons (Fsp3) is 0.130. The Morgan fingerprint density at radius 2 is 1.79 bits per heavy atom. The van der Waals surface area contributed by atoms with Gasteiger partial charge in [0.2, 0.25) is 0 Å². The molecule has 1 aliphatic carbocycles. The summed E-state index contributed by atoms with van der Waals surface area (Å²) >= 11 is 0.